The van der Waals surface area contributed by atoms with Gasteiger partial charge in [-0.2, -0.15) is 5.10 Å². The van der Waals surface area contributed by atoms with Crippen molar-refractivity contribution in [1.82, 2.24) is 9.78 Å². The second kappa shape index (κ2) is 5.05. The molecule has 0 saturated carbocycles. The summed E-state index contributed by atoms with van der Waals surface area (Å²) in [6.45, 7) is 3.65. The van der Waals surface area contributed by atoms with Crippen LogP contribution < -0.4 is 4.74 Å². The number of aryl methyl sites for hydroxylation is 1. The van der Waals surface area contributed by atoms with Crippen LogP contribution in [0.4, 0.5) is 0 Å². The third kappa shape index (κ3) is 2.49. The maximum atomic E-state index is 10.3. The lowest BCUT2D eigenvalue weighted by atomic mass is 10.0. The zero-order valence-electron chi connectivity index (χ0n) is 11.0. The molecular formula is C15H18N2O2. The van der Waals surface area contributed by atoms with Crippen LogP contribution in [0.25, 0.3) is 0 Å². The molecule has 0 saturated heterocycles. The highest BCUT2D eigenvalue weighted by atomic mass is 16.5. The van der Waals surface area contributed by atoms with Gasteiger partial charge >= 0.3 is 0 Å². The number of aliphatic hydroxyl groups excluding tert-OH is 1. The van der Waals surface area contributed by atoms with Crippen molar-refractivity contribution >= 4 is 0 Å². The van der Waals surface area contributed by atoms with Crippen LogP contribution in [0.2, 0.25) is 0 Å². The SMILES string of the molecule is CCn1cc(CC(O)c2ccc3c(c2)CCO3)cn1. The number of nitrogens with zero attached hydrogens (tertiary/aromatic N) is 2. The van der Waals surface area contributed by atoms with Crippen LogP contribution in [0.1, 0.15) is 29.7 Å². The zero-order chi connectivity index (χ0) is 13.2. The lowest BCUT2D eigenvalue weighted by Gasteiger charge is -2.11. The molecule has 0 fully saturated rings. The summed E-state index contributed by atoms with van der Waals surface area (Å²) < 4.78 is 7.35. The van der Waals surface area contributed by atoms with Gasteiger partial charge in [0.15, 0.2) is 0 Å². The van der Waals surface area contributed by atoms with Crippen molar-refractivity contribution < 1.29 is 9.84 Å². The number of rotatable bonds is 4. The second-order valence-corrected chi connectivity index (χ2v) is 4.89. The van der Waals surface area contributed by atoms with E-state index in [4.69, 9.17) is 4.74 Å². The van der Waals surface area contributed by atoms with Gasteiger partial charge in [0.25, 0.3) is 0 Å². The molecule has 4 nitrogen and oxygen atoms in total. The maximum Gasteiger partial charge on any atom is 0.122 e. The first kappa shape index (κ1) is 12.2. The predicted octanol–water partition coefficient (Wildman–Crippen LogP) is 2.11. The molecule has 19 heavy (non-hydrogen) atoms. The Morgan fingerprint density at radius 3 is 3.16 bits per heavy atom. The third-order valence-electron chi connectivity index (χ3n) is 3.54. The van der Waals surface area contributed by atoms with Crippen molar-refractivity contribution in [3.63, 3.8) is 0 Å². The van der Waals surface area contributed by atoms with Crippen LogP contribution in [-0.2, 0) is 19.4 Å². The molecular weight excluding hydrogens is 240 g/mol. The molecule has 1 atom stereocenters. The number of hydrogen-bond donors (Lipinski definition) is 1. The smallest absolute Gasteiger partial charge is 0.122 e. The van der Waals surface area contributed by atoms with E-state index in [1.165, 1.54) is 5.56 Å². The molecule has 0 spiro atoms. The van der Waals surface area contributed by atoms with Crippen LogP contribution in [0.15, 0.2) is 30.6 Å². The van der Waals surface area contributed by atoms with Gasteiger partial charge in [-0.25, -0.2) is 0 Å². The monoisotopic (exact) mass is 258 g/mol. The van der Waals surface area contributed by atoms with Crippen LogP contribution in [0, 0.1) is 0 Å². The Morgan fingerprint density at radius 1 is 1.47 bits per heavy atom. The highest BCUT2D eigenvalue weighted by molar-refractivity contribution is 5.40. The quantitative estimate of drug-likeness (QED) is 0.913. The first-order chi connectivity index (χ1) is 9.26. The van der Waals surface area contributed by atoms with Gasteiger partial charge in [-0.15, -0.1) is 0 Å². The largest absolute Gasteiger partial charge is 0.493 e. The van der Waals surface area contributed by atoms with Gasteiger partial charge in [0, 0.05) is 25.6 Å². The highest BCUT2D eigenvalue weighted by Crippen LogP contribution is 2.29. The van der Waals surface area contributed by atoms with Crippen LogP contribution in [-0.4, -0.2) is 21.5 Å². The normalized spacial score (nSPS) is 15.1. The lowest BCUT2D eigenvalue weighted by Crippen LogP contribution is -2.01. The van der Waals surface area contributed by atoms with Gasteiger partial charge in [0.1, 0.15) is 5.75 Å². The Hall–Kier alpha value is -1.81. The van der Waals surface area contributed by atoms with E-state index in [2.05, 4.69) is 11.2 Å². The standard InChI is InChI=1S/C15H18N2O2/c1-2-17-10-11(9-16-17)7-14(18)12-3-4-15-13(8-12)5-6-19-15/h3-4,8-10,14,18H,2,5-7H2,1H3. The van der Waals surface area contributed by atoms with Crippen molar-refractivity contribution in [2.45, 2.75) is 32.4 Å². The number of aromatic nitrogens is 2. The first-order valence-electron chi connectivity index (χ1n) is 6.71. The molecule has 100 valence electrons. The molecule has 2 heterocycles. The summed E-state index contributed by atoms with van der Waals surface area (Å²) in [5, 5.41) is 14.5. The van der Waals surface area contributed by atoms with E-state index in [9.17, 15) is 5.11 Å². The Balaban J connectivity index is 1.74. The maximum absolute atomic E-state index is 10.3. The topological polar surface area (TPSA) is 47.3 Å². The number of aliphatic hydroxyl groups is 1. The summed E-state index contributed by atoms with van der Waals surface area (Å²) >= 11 is 0. The molecule has 0 amide bonds. The Morgan fingerprint density at radius 2 is 2.37 bits per heavy atom. The van der Waals surface area contributed by atoms with Gasteiger partial charge < -0.3 is 9.84 Å². The summed E-state index contributed by atoms with van der Waals surface area (Å²) in [6, 6.07) is 5.95. The fourth-order valence-corrected chi connectivity index (χ4v) is 2.44. The van der Waals surface area contributed by atoms with Crippen molar-refractivity contribution in [2.75, 3.05) is 6.61 Å². The molecule has 1 N–H and O–H groups in total. The lowest BCUT2D eigenvalue weighted by molar-refractivity contribution is 0.178. The molecule has 4 heteroatoms. The molecule has 1 aliphatic rings. The van der Waals surface area contributed by atoms with Gasteiger partial charge in [-0.1, -0.05) is 6.07 Å². The van der Waals surface area contributed by atoms with E-state index in [1.54, 1.807) is 0 Å². The van der Waals surface area contributed by atoms with E-state index in [1.807, 2.05) is 36.1 Å². The predicted molar refractivity (Wildman–Crippen MR) is 72.2 cm³/mol. The molecule has 1 unspecified atom stereocenters. The minimum atomic E-state index is -0.486. The van der Waals surface area contributed by atoms with Gasteiger partial charge in [0.05, 0.1) is 18.9 Å². The van der Waals surface area contributed by atoms with Crippen molar-refractivity contribution in [3.8, 4) is 5.75 Å². The molecule has 0 aliphatic carbocycles. The molecule has 3 rings (SSSR count). The Kier molecular flexibility index (Phi) is 3.25. The number of fused-ring (bicyclic) bond motifs is 1. The minimum absolute atomic E-state index is 0.486. The van der Waals surface area contributed by atoms with E-state index in [-0.39, 0.29) is 0 Å². The fraction of sp³-hybridized carbons (Fsp3) is 0.400. The molecule has 1 aromatic carbocycles. The van der Waals surface area contributed by atoms with Crippen LogP contribution in [0.3, 0.4) is 0 Å². The molecule has 2 aromatic rings. The van der Waals surface area contributed by atoms with Crippen molar-refractivity contribution in [2.24, 2.45) is 0 Å². The van der Waals surface area contributed by atoms with Gasteiger partial charge in [0.2, 0.25) is 0 Å². The molecule has 1 aromatic heterocycles. The summed E-state index contributed by atoms with van der Waals surface area (Å²) in [4.78, 5) is 0. The number of hydrogen-bond acceptors (Lipinski definition) is 3. The van der Waals surface area contributed by atoms with E-state index < -0.39 is 6.10 Å². The molecule has 0 bridgehead atoms. The number of ether oxygens (including phenoxy) is 1. The molecule has 0 radical (unpaired) electrons. The van der Waals surface area contributed by atoms with Crippen molar-refractivity contribution in [1.29, 1.82) is 0 Å². The Labute approximate surface area is 112 Å². The Bertz CT molecular complexity index is 577. The van der Waals surface area contributed by atoms with E-state index >= 15 is 0 Å². The first-order valence-corrected chi connectivity index (χ1v) is 6.71. The van der Waals surface area contributed by atoms with Gasteiger partial charge in [-0.3, -0.25) is 4.68 Å². The van der Waals surface area contributed by atoms with Crippen molar-refractivity contribution in [3.05, 3.63) is 47.3 Å². The average molecular weight is 258 g/mol. The fourth-order valence-electron chi connectivity index (χ4n) is 2.44. The van der Waals surface area contributed by atoms with E-state index in [0.29, 0.717) is 6.42 Å². The third-order valence-corrected chi connectivity index (χ3v) is 3.54. The summed E-state index contributed by atoms with van der Waals surface area (Å²) in [6.07, 6.45) is 4.85. The summed E-state index contributed by atoms with van der Waals surface area (Å²) in [5.74, 6) is 0.953. The van der Waals surface area contributed by atoms with Gasteiger partial charge in [-0.05, 0) is 35.7 Å². The summed E-state index contributed by atoms with van der Waals surface area (Å²) in [5.41, 5.74) is 3.21. The van der Waals surface area contributed by atoms with Crippen LogP contribution in [0.5, 0.6) is 5.75 Å². The minimum Gasteiger partial charge on any atom is -0.493 e. The molecule has 1 aliphatic heterocycles. The van der Waals surface area contributed by atoms with Crippen LogP contribution >= 0.6 is 0 Å². The summed E-state index contributed by atoms with van der Waals surface area (Å²) in [7, 11) is 0. The number of benzene rings is 1. The average Bonchev–Trinajstić information content (AvgIpc) is 3.05. The second-order valence-electron chi connectivity index (χ2n) is 4.89. The van der Waals surface area contributed by atoms with E-state index in [0.717, 1.165) is 36.4 Å². The highest BCUT2D eigenvalue weighted by Gasteiger charge is 2.16. The zero-order valence-corrected chi connectivity index (χ0v) is 11.0.